The molecule has 21 heavy (non-hydrogen) atoms. The Labute approximate surface area is 127 Å². The number of nitrogens with two attached hydrogens (primary N) is 1. The fraction of sp³-hybridized carbons (Fsp3) is 0.824. The average molecular weight is 293 g/mol. The molecule has 118 valence electrons. The Morgan fingerprint density at radius 2 is 1.71 bits per heavy atom. The van der Waals surface area contributed by atoms with Crippen LogP contribution in [0.3, 0.4) is 0 Å². The molecular weight excluding hydrogens is 266 g/mol. The fourth-order valence-electron chi connectivity index (χ4n) is 4.63. The number of carbonyl (C=O) groups is 1. The Morgan fingerprint density at radius 3 is 2.05 bits per heavy atom. The van der Waals surface area contributed by atoms with Crippen molar-refractivity contribution in [2.75, 3.05) is 13.2 Å². The van der Waals surface area contributed by atoms with Crippen molar-refractivity contribution >= 4 is 5.97 Å². The van der Waals surface area contributed by atoms with Crippen molar-refractivity contribution in [3.05, 3.63) is 12.2 Å². The second kappa shape index (κ2) is 5.73. The molecule has 1 heterocycles. The van der Waals surface area contributed by atoms with Crippen LogP contribution >= 0.6 is 0 Å². The molecule has 4 saturated carbocycles. The van der Waals surface area contributed by atoms with Crippen molar-refractivity contribution in [2.24, 2.45) is 23.5 Å². The molecule has 4 bridgehead atoms. The first-order valence-corrected chi connectivity index (χ1v) is 8.16. The van der Waals surface area contributed by atoms with Gasteiger partial charge >= 0.3 is 5.97 Å². The normalized spacial score (nSPS) is 42.0. The standard InChI is InChI=1S/C10H17N.C7H10O3/c11-10-4-7-1-8(5-10)3-9(2-7)6-10;1-5(2)7(8)10-4-6-3-9-6/h7-9H,1-6,11H2;6H,1,3-4H2,2H3. The van der Waals surface area contributed by atoms with E-state index in [4.69, 9.17) is 15.2 Å². The van der Waals surface area contributed by atoms with E-state index in [1.807, 2.05) is 0 Å². The van der Waals surface area contributed by atoms with Gasteiger partial charge in [-0.05, 0) is 63.2 Å². The quantitative estimate of drug-likeness (QED) is 0.493. The molecule has 1 atom stereocenters. The summed E-state index contributed by atoms with van der Waals surface area (Å²) in [5, 5.41) is 0. The van der Waals surface area contributed by atoms with E-state index in [0.29, 0.717) is 24.3 Å². The molecule has 0 spiro atoms. The predicted octanol–water partition coefficient (Wildman–Crippen LogP) is 2.42. The minimum Gasteiger partial charge on any atom is -0.459 e. The van der Waals surface area contributed by atoms with Gasteiger partial charge in [-0.25, -0.2) is 4.79 Å². The second-order valence-corrected chi connectivity index (χ2v) is 7.61. The largest absolute Gasteiger partial charge is 0.459 e. The lowest BCUT2D eigenvalue weighted by atomic mass is 9.53. The summed E-state index contributed by atoms with van der Waals surface area (Å²) in [7, 11) is 0. The highest BCUT2D eigenvalue weighted by Gasteiger charge is 2.48. The zero-order valence-corrected chi connectivity index (χ0v) is 13.0. The van der Waals surface area contributed by atoms with Crippen molar-refractivity contribution in [1.82, 2.24) is 0 Å². The third-order valence-electron chi connectivity index (χ3n) is 5.24. The van der Waals surface area contributed by atoms with Crippen molar-refractivity contribution in [2.45, 2.75) is 57.1 Å². The maximum absolute atomic E-state index is 10.7. The minimum atomic E-state index is -0.337. The van der Waals surface area contributed by atoms with E-state index in [1.54, 1.807) is 6.92 Å². The van der Waals surface area contributed by atoms with Crippen LogP contribution in [0, 0.1) is 17.8 Å². The van der Waals surface area contributed by atoms with Crippen LogP contribution in [-0.2, 0) is 14.3 Å². The maximum atomic E-state index is 10.7. The van der Waals surface area contributed by atoms with Gasteiger partial charge < -0.3 is 15.2 Å². The SMILES string of the molecule is C=C(C)C(=O)OCC1CO1.NC12CC3CC(CC(C3)C1)C2. The summed E-state index contributed by atoms with van der Waals surface area (Å²) in [5.41, 5.74) is 7.05. The smallest absolute Gasteiger partial charge is 0.333 e. The van der Waals surface area contributed by atoms with Gasteiger partial charge in [0.15, 0.2) is 0 Å². The van der Waals surface area contributed by atoms with E-state index >= 15 is 0 Å². The molecule has 1 unspecified atom stereocenters. The summed E-state index contributed by atoms with van der Waals surface area (Å²) < 4.78 is 9.60. The molecule has 4 nitrogen and oxygen atoms in total. The number of ether oxygens (including phenoxy) is 2. The highest BCUT2D eigenvalue weighted by Crippen LogP contribution is 2.54. The van der Waals surface area contributed by atoms with E-state index in [0.717, 1.165) is 17.8 Å². The molecule has 0 aromatic carbocycles. The molecule has 5 fully saturated rings. The molecule has 0 aromatic heterocycles. The number of carbonyl (C=O) groups excluding carboxylic acids is 1. The number of esters is 1. The van der Waals surface area contributed by atoms with Crippen molar-refractivity contribution in [3.63, 3.8) is 0 Å². The highest BCUT2D eigenvalue weighted by atomic mass is 16.6. The van der Waals surface area contributed by atoms with Gasteiger partial charge in [0.2, 0.25) is 0 Å². The Morgan fingerprint density at radius 1 is 1.24 bits per heavy atom. The van der Waals surface area contributed by atoms with Gasteiger partial charge in [-0.3, -0.25) is 0 Å². The number of hydrogen-bond donors (Lipinski definition) is 1. The maximum Gasteiger partial charge on any atom is 0.333 e. The van der Waals surface area contributed by atoms with E-state index < -0.39 is 0 Å². The van der Waals surface area contributed by atoms with Crippen LogP contribution in [-0.4, -0.2) is 30.8 Å². The number of rotatable bonds is 3. The summed E-state index contributed by atoms with van der Waals surface area (Å²) in [5.74, 6) is 2.72. The zero-order chi connectivity index (χ0) is 15.0. The van der Waals surface area contributed by atoms with Crippen LogP contribution in [0.2, 0.25) is 0 Å². The molecule has 5 rings (SSSR count). The Kier molecular flexibility index (Phi) is 4.10. The third kappa shape index (κ3) is 3.86. The van der Waals surface area contributed by atoms with Gasteiger partial charge in [-0.1, -0.05) is 6.58 Å². The summed E-state index contributed by atoms with van der Waals surface area (Å²) in [4.78, 5) is 10.7. The predicted molar refractivity (Wildman–Crippen MR) is 80.6 cm³/mol. The van der Waals surface area contributed by atoms with E-state index in [2.05, 4.69) is 6.58 Å². The van der Waals surface area contributed by atoms with Crippen LogP contribution in [0.1, 0.15) is 45.4 Å². The summed E-state index contributed by atoms with van der Waals surface area (Å²) in [6, 6.07) is 0. The molecule has 4 heteroatoms. The first-order valence-electron chi connectivity index (χ1n) is 8.16. The van der Waals surface area contributed by atoms with Gasteiger partial charge in [0, 0.05) is 11.1 Å². The second-order valence-electron chi connectivity index (χ2n) is 7.61. The van der Waals surface area contributed by atoms with Gasteiger partial charge in [0.1, 0.15) is 12.7 Å². The van der Waals surface area contributed by atoms with Crippen LogP contribution < -0.4 is 5.73 Å². The lowest BCUT2D eigenvalue weighted by Gasteiger charge is -2.55. The van der Waals surface area contributed by atoms with Gasteiger partial charge in [-0.2, -0.15) is 0 Å². The van der Waals surface area contributed by atoms with E-state index in [1.165, 1.54) is 38.5 Å². The Hall–Kier alpha value is -0.870. The minimum absolute atomic E-state index is 0.142. The Bertz CT molecular complexity index is 392. The Balaban J connectivity index is 0.000000127. The monoisotopic (exact) mass is 293 g/mol. The van der Waals surface area contributed by atoms with E-state index in [-0.39, 0.29) is 12.1 Å². The van der Waals surface area contributed by atoms with Crippen LogP contribution in [0.5, 0.6) is 0 Å². The summed E-state index contributed by atoms with van der Waals surface area (Å²) in [6.45, 7) is 6.14. The van der Waals surface area contributed by atoms with Crippen molar-refractivity contribution in [3.8, 4) is 0 Å². The van der Waals surface area contributed by atoms with Gasteiger partial charge in [0.05, 0.1) is 6.61 Å². The zero-order valence-electron chi connectivity index (χ0n) is 13.0. The molecule has 0 aromatic rings. The number of hydrogen-bond acceptors (Lipinski definition) is 4. The third-order valence-corrected chi connectivity index (χ3v) is 5.24. The molecule has 5 aliphatic rings. The first kappa shape index (κ1) is 15.0. The molecule has 1 saturated heterocycles. The fourth-order valence-corrected chi connectivity index (χ4v) is 4.63. The van der Waals surface area contributed by atoms with Gasteiger partial charge in [0.25, 0.3) is 0 Å². The highest BCUT2D eigenvalue weighted by molar-refractivity contribution is 5.86. The van der Waals surface area contributed by atoms with Crippen LogP contribution in [0.4, 0.5) is 0 Å². The molecule has 1 aliphatic heterocycles. The topological polar surface area (TPSA) is 64.8 Å². The average Bonchev–Trinajstić information content (AvgIpc) is 3.17. The van der Waals surface area contributed by atoms with Crippen LogP contribution in [0.15, 0.2) is 12.2 Å². The molecular formula is C17H27NO3. The summed E-state index contributed by atoms with van der Waals surface area (Å²) in [6.07, 6.45) is 8.71. The molecule has 2 N–H and O–H groups in total. The molecule has 0 radical (unpaired) electrons. The van der Waals surface area contributed by atoms with Crippen LogP contribution in [0.25, 0.3) is 0 Å². The van der Waals surface area contributed by atoms with Crippen molar-refractivity contribution in [1.29, 1.82) is 0 Å². The lowest BCUT2D eigenvalue weighted by Crippen LogP contribution is -2.55. The van der Waals surface area contributed by atoms with E-state index in [9.17, 15) is 4.79 Å². The number of epoxide rings is 1. The first-order chi connectivity index (χ1) is 9.93. The molecule has 4 aliphatic carbocycles. The van der Waals surface area contributed by atoms with Crippen molar-refractivity contribution < 1.29 is 14.3 Å². The lowest BCUT2D eigenvalue weighted by molar-refractivity contribution is -0.139. The van der Waals surface area contributed by atoms with Gasteiger partial charge in [-0.15, -0.1) is 0 Å². The summed E-state index contributed by atoms with van der Waals surface area (Å²) >= 11 is 0. The molecule has 0 amide bonds.